The zero-order valence-corrected chi connectivity index (χ0v) is 12.8. The van der Waals surface area contributed by atoms with Gasteiger partial charge < -0.3 is 4.18 Å². The molecule has 0 radical (unpaired) electrons. The van der Waals surface area contributed by atoms with Crippen LogP contribution in [0.3, 0.4) is 0 Å². The highest BCUT2D eigenvalue weighted by Crippen LogP contribution is 2.68. The SMILES string of the molecule is O=COS(c1ccccc1)(c1ccccc1)c1ccccc1. The van der Waals surface area contributed by atoms with Crippen LogP contribution in [0, 0.1) is 0 Å². The zero-order chi connectivity index (χ0) is 15.3. The highest BCUT2D eigenvalue weighted by atomic mass is 32.3. The normalized spacial score (nSPS) is 11.6. The second kappa shape index (κ2) is 6.50. The summed E-state index contributed by atoms with van der Waals surface area (Å²) in [6, 6.07) is 29.8. The molecule has 0 aliphatic rings. The summed E-state index contributed by atoms with van der Waals surface area (Å²) < 4.78 is 5.79. The highest BCUT2D eigenvalue weighted by Gasteiger charge is 2.32. The van der Waals surface area contributed by atoms with Gasteiger partial charge in [-0.05, 0) is 46.7 Å². The van der Waals surface area contributed by atoms with Gasteiger partial charge in [0.25, 0.3) is 0 Å². The van der Waals surface area contributed by atoms with Gasteiger partial charge in [-0.25, -0.2) is 0 Å². The van der Waals surface area contributed by atoms with E-state index in [-0.39, 0.29) is 0 Å². The van der Waals surface area contributed by atoms with Crippen molar-refractivity contribution in [2.75, 3.05) is 0 Å². The van der Waals surface area contributed by atoms with E-state index in [0.717, 1.165) is 14.7 Å². The Hall–Kier alpha value is -2.52. The first kappa shape index (κ1) is 14.4. The lowest BCUT2D eigenvalue weighted by atomic mass is 10.4. The lowest BCUT2D eigenvalue weighted by Crippen LogP contribution is -2.07. The second-order valence-electron chi connectivity index (χ2n) is 4.69. The van der Waals surface area contributed by atoms with E-state index in [2.05, 4.69) is 0 Å². The summed E-state index contributed by atoms with van der Waals surface area (Å²) in [4.78, 5) is 14.3. The van der Waals surface area contributed by atoms with Crippen molar-refractivity contribution in [1.29, 1.82) is 0 Å². The fraction of sp³-hybridized carbons (Fsp3) is 0. The molecule has 0 aliphatic carbocycles. The van der Waals surface area contributed by atoms with Crippen molar-refractivity contribution < 1.29 is 8.98 Å². The van der Waals surface area contributed by atoms with E-state index >= 15 is 0 Å². The average molecular weight is 308 g/mol. The third-order valence-corrected chi connectivity index (χ3v) is 6.58. The van der Waals surface area contributed by atoms with Gasteiger partial charge in [0.2, 0.25) is 0 Å². The van der Waals surface area contributed by atoms with Gasteiger partial charge in [0.15, 0.2) is 0 Å². The summed E-state index contributed by atoms with van der Waals surface area (Å²) in [7, 11) is -2.05. The number of carbonyl (C=O) groups is 1. The molecule has 3 heteroatoms. The van der Waals surface area contributed by atoms with Gasteiger partial charge in [0.1, 0.15) is 0 Å². The molecule has 0 fully saturated rings. The monoisotopic (exact) mass is 308 g/mol. The van der Waals surface area contributed by atoms with Gasteiger partial charge in [0, 0.05) is 14.7 Å². The maximum atomic E-state index is 11.3. The number of hydrogen-bond acceptors (Lipinski definition) is 2. The van der Waals surface area contributed by atoms with Crippen LogP contribution in [0.2, 0.25) is 0 Å². The van der Waals surface area contributed by atoms with E-state index in [9.17, 15) is 4.79 Å². The highest BCUT2D eigenvalue weighted by molar-refractivity contribution is 8.30. The molecule has 0 aliphatic heterocycles. The molecule has 0 saturated carbocycles. The van der Waals surface area contributed by atoms with Crippen LogP contribution >= 0.6 is 10.3 Å². The fourth-order valence-electron chi connectivity index (χ4n) is 2.47. The molecule has 3 aromatic carbocycles. The van der Waals surface area contributed by atoms with Crippen LogP contribution in [0.5, 0.6) is 0 Å². The Morgan fingerprint density at radius 3 is 1.18 bits per heavy atom. The Labute approximate surface area is 131 Å². The predicted molar refractivity (Wildman–Crippen MR) is 88.9 cm³/mol. The van der Waals surface area contributed by atoms with Crippen LogP contribution in [0.1, 0.15) is 0 Å². The lowest BCUT2D eigenvalue weighted by Gasteiger charge is -2.38. The van der Waals surface area contributed by atoms with Crippen LogP contribution < -0.4 is 0 Å². The van der Waals surface area contributed by atoms with Crippen LogP contribution in [0.25, 0.3) is 0 Å². The van der Waals surface area contributed by atoms with Gasteiger partial charge >= 0.3 is 6.47 Å². The molecule has 0 amide bonds. The van der Waals surface area contributed by atoms with E-state index in [1.54, 1.807) is 0 Å². The van der Waals surface area contributed by atoms with Crippen LogP contribution in [0.4, 0.5) is 0 Å². The summed E-state index contributed by atoms with van der Waals surface area (Å²) >= 11 is 0. The summed E-state index contributed by atoms with van der Waals surface area (Å²) in [6.07, 6.45) is 0. The summed E-state index contributed by atoms with van der Waals surface area (Å²) in [5.41, 5.74) is 0. The van der Waals surface area contributed by atoms with Crippen molar-refractivity contribution >= 4 is 16.8 Å². The molecule has 3 aromatic rings. The molecule has 0 aromatic heterocycles. The van der Waals surface area contributed by atoms with E-state index in [1.807, 2.05) is 91.0 Å². The van der Waals surface area contributed by atoms with Crippen molar-refractivity contribution in [3.05, 3.63) is 91.0 Å². The van der Waals surface area contributed by atoms with Crippen molar-refractivity contribution in [2.24, 2.45) is 0 Å². The number of carbonyl (C=O) groups excluding carboxylic acids is 1. The Morgan fingerprint density at radius 2 is 0.909 bits per heavy atom. The van der Waals surface area contributed by atoms with Gasteiger partial charge in [-0.3, -0.25) is 4.79 Å². The smallest absolute Gasteiger partial charge is 0.304 e. The third-order valence-electron chi connectivity index (χ3n) is 3.41. The van der Waals surface area contributed by atoms with Crippen molar-refractivity contribution in [3.8, 4) is 0 Å². The first-order valence-corrected chi connectivity index (χ1v) is 8.54. The van der Waals surface area contributed by atoms with E-state index < -0.39 is 10.3 Å². The number of benzene rings is 3. The molecule has 110 valence electrons. The molecule has 0 saturated heterocycles. The molecule has 0 heterocycles. The van der Waals surface area contributed by atoms with Crippen LogP contribution in [-0.4, -0.2) is 6.47 Å². The third kappa shape index (κ3) is 2.51. The molecule has 22 heavy (non-hydrogen) atoms. The van der Waals surface area contributed by atoms with Gasteiger partial charge in [-0.2, -0.15) is 0 Å². The molecule has 0 atom stereocenters. The Morgan fingerprint density at radius 1 is 0.591 bits per heavy atom. The van der Waals surface area contributed by atoms with Crippen molar-refractivity contribution in [2.45, 2.75) is 14.7 Å². The van der Waals surface area contributed by atoms with Crippen LogP contribution in [0.15, 0.2) is 106 Å². The molecular weight excluding hydrogens is 292 g/mol. The molecule has 3 rings (SSSR count). The maximum absolute atomic E-state index is 11.3. The predicted octanol–water partition coefficient (Wildman–Crippen LogP) is 5.06. The topological polar surface area (TPSA) is 26.3 Å². The number of hydrogen-bond donors (Lipinski definition) is 0. The van der Waals surface area contributed by atoms with Crippen molar-refractivity contribution in [1.82, 2.24) is 0 Å². The minimum Gasteiger partial charge on any atom is -0.404 e. The molecule has 2 nitrogen and oxygen atoms in total. The quantitative estimate of drug-likeness (QED) is 0.616. The zero-order valence-electron chi connectivity index (χ0n) is 12.0. The standard InChI is InChI=1S/C19H16O2S/c20-16-21-22(17-10-4-1-5-11-17,18-12-6-2-7-13-18)19-14-8-3-9-15-19/h1-16H. The van der Waals surface area contributed by atoms with E-state index in [1.165, 1.54) is 0 Å². The van der Waals surface area contributed by atoms with E-state index in [4.69, 9.17) is 4.18 Å². The van der Waals surface area contributed by atoms with Crippen molar-refractivity contribution in [3.63, 3.8) is 0 Å². The van der Waals surface area contributed by atoms with Gasteiger partial charge in [0.05, 0.1) is 0 Å². The summed E-state index contributed by atoms with van der Waals surface area (Å²) in [5, 5.41) is 0. The Balaban J connectivity index is 2.31. The molecule has 0 N–H and O–H groups in total. The first-order valence-electron chi connectivity index (χ1n) is 6.98. The fourth-order valence-corrected chi connectivity index (χ4v) is 5.36. The minimum atomic E-state index is -2.05. The van der Waals surface area contributed by atoms with Gasteiger partial charge in [-0.1, -0.05) is 54.6 Å². The largest absolute Gasteiger partial charge is 0.404 e. The summed E-state index contributed by atoms with van der Waals surface area (Å²) in [6.45, 7) is 0.558. The number of rotatable bonds is 5. The molecule has 0 bridgehead atoms. The second-order valence-corrected chi connectivity index (χ2v) is 7.41. The lowest BCUT2D eigenvalue weighted by molar-refractivity contribution is -0.119. The minimum absolute atomic E-state index is 0.558. The molecule has 0 spiro atoms. The van der Waals surface area contributed by atoms with Gasteiger partial charge in [-0.15, -0.1) is 0 Å². The summed E-state index contributed by atoms with van der Waals surface area (Å²) in [5.74, 6) is 0. The Kier molecular flexibility index (Phi) is 4.26. The van der Waals surface area contributed by atoms with E-state index in [0.29, 0.717) is 6.47 Å². The maximum Gasteiger partial charge on any atom is 0.304 e. The van der Waals surface area contributed by atoms with Crippen LogP contribution in [-0.2, 0) is 8.98 Å². The Bertz CT molecular complexity index is 630. The molecule has 0 unspecified atom stereocenters. The average Bonchev–Trinajstić information content (AvgIpc) is 2.62. The first-order chi connectivity index (χ1) is 10.9. The molecular formula is C19H16O2S.